The standard InChI is InChI=1S/C19H16BrN5O2/c1-12-10-25(11-21-12)16-8-3-13(9-17(16)26-2)18-23-24-19(27-18)22-15-6-4-14(20)5-7-15/h3-11H,1-2H3,(H,22,24). The van der Waals surface area contributed by atoms with Crippen molar-refractivity contribution in [3.05, 3.63) is 65.2 Å². The summed E-state index contributed by atoms with van der Waals surface area (Å²) >= 11 is 3.41. The van der Waals surface area contributed by atoms with Crippen molar-refractivity contribution in [3.8, 4) is 22.9 Å². The Labute approximate surface area is 164 Å². The molecule has 2 heterocycles. The van der Waals surface area contributed by atoms with Crippen molar-refractivity contribution in [2.75, 3.05) is 12.4 Å². The van der Waals surface area contributed by atoms with Gasteiger partial charge >= 0.3 is 6.01 Å². The van der Waals surface area contributed by atoms with Gasteiger partial charge < -0.3 is 19.0 Å². The Kier molecular flexibility index (Phi) is 4.64. The molecule has 4 rings (SSSR count). The van der Waals surface area contributed by atoms with Crippen LogP contribution in [0.2, 0.25) is 0 Å². The molecule has 0 aliphatic rings. The van der Waals surface area contributed by atoms with Crippen LogP contribution in [0.25, 0.3) is 17.1 Å². The van der Waals surface area contributed by atoms with Gasteiger partial charge in [-0.05, 0) is 49.4 Å². The summed E-state index contributed by atoms with van der Waals surface area (Å²) in [7, 11) is 1.63. The molecule has 8 heteroatoms. The maximum Gasteiger partial charge on any atom is 0.320 e. The summed E-state index contributed by atoms with van der Waals surface area (Å²) in [5.74, 6) is 1.09. The maximum atomic E-state index is 5.73. The summed E-state index contributed by atoms with van der Waals surface area (Å²) < 4.78 is 14.2. The summed E-state index contributed by atoms with van der Waals surface area (Å²) in [4.78, 5) is 4.25. The molecule has 2 aromatic heterocycles. The predicted molar refractivity (Wildman–Crippen MR) is 106 cm³/mol. The van der Waals surface area contributed by atoms with Crippen LogP contribution in [0, 0.1) is 6.92 Å². The van der Waals surface area contributed by atoms with Crippen LogP contribution >= 0.6 is 15.9 Å². The molecule has 2 aromatic carbocycles. The fraction of sp³-hybridized carbons (Fsp3) is 0.105. The minimum absolute atomic E-state index is 0.320. The van der Waals surface area contributed by atoms with Gasteiger partial charge in [-0.3, -0.25) is 0 Å². The SMILES string of the molecule is COc1cc(-c2nnc(Nc3ccc(Br)cc3)o2)ccc1-n1cnc(C)c1. The van der Waals surface area contributed by atoms with Crippen molar-refractivity contribution in [1.82, 2.24) is 19.7 Å². The molecule has 0 saturated heterocycles. The second-order valence-electron chi connectivity index (χ2n) is 5.85. The van der Waals surface area contributed by atoms with Crippen LogP contribution < -0.4 is 10.1 Å². The normalized spacial score (nSPS) is 10.8. The molecule has 0 aliphatic carbocycles. The maximum absolute atomic E-state index is 5.73. The molecule has 0 saturated carbocycles. The second-order valence-corrected chi connectivity index (χ2v) is 6.77. The Morgan fingerprint density at radius 3 is 2.63 bits per heavy atom. The van der Waals surface area contributed by atoms with Crippen LogP contribution in [0.3, 0.4) is 0 Å². The number of aromatic nitrogens is 4. The van der Waals surface area contributed by atoms with E-state index in [1.54, 1.807) is 13.4 Å². The van der Waals surface area contributed by atoms with Gasteiger partial charge in [0.1, 0.15) is 5.75 Å². The van der Waals surface area contributed by atoms with Crippen LogP contribution in [0.1, 0.15) is 5.69 Å². The van der Waals surface area contributed by atoms with Gasteiger partial charge in [-0.15, -0.1) is 5.10 Å². The van der Waals surface area contributed by atoms with Crippen molar-refractivity contribution in [2.45, 2.75) is 6.92 Å². The van der Waals surface area contributed by atoms with Gasteiger partial charge in [0.2, 0.25) is 5.89 Å². The number of ether oxygens (including phenoxy) is 1. The van der Waals surface area contributed by atoms with E-state index in [1.165, 1.54) is 0 Å². The van der Waals surface area contributed by atoms with E-state index in [2.05, 4.69) is 36.4 Å². The minimum atomic E-state index is 0.320. The van der Waals surface area contributed by atoms with Crippen LogP contribution in [0.15, 0.2) is 63.9 Å². The highest BCUT2D eigenvalue weighted by atomic mass is 79.9. The number of imidazole rings is 1. The number of hydrogen-bond acceptors (Lipinski definition) is 6. The predicted octanol–water partition coefficient (Wildman–Crippen LogP) is 4.75. The fourth-order valence-corrected chi connectivity index (χ4v) is 2.89. The lowest BCUT2D eigenvalue weighted by Crippen LogP contribution is -1.96. The topological polar surface area (TPSA) is 78.0 Å². The van der Waals surface area contributed by atoms with Crippen LogP contribution in [0.5, 0.6) is 5.75 Å². The first-order valence-corrected chi connectivity index (χ1v) is 8.97. The molecule has 0 spiro atoms. The van der Waals surface area contributed by atoms with E-state index in [0.29, 0.717) is 17.7 Å². The van der Waals surface area contributed by atoms with Crippen molar-refractivity contribution >= 4 is 27.6 Å². The van der Waals surface area contributed by atoms with Crippen molar-refractivity contribution < 1.29 is 9.15 Å². The average molecular weight is 426 g/mol. The summed E-state index contributed by atoms with van der Waals surface area (Å²) in [6.07, 6.45) is 3.68. The first kappa shape index (κ1) is 17.3. The van der Waals surface area contributed by atoms with Gasteiger partial charge in [-0.2, -0.15) is 0 Å². The first-order chi connectivity index (χ1) is 13.1. The third-order valence-electron chi connectivity index (χ3n) is 3.94. The minimum Gasteiger partial charge on any atom is -0.495 e. The van der Waals surface area contributed by atoms with E-state index in [0.717, 1.165) is 27.1 Å². The third kappa shape index (κ3) is 3.70. The number of halogens is 1. The molecular weight excluding hydrogens is 410 g/mol. The lowest BCUT2D eigenvalue weighted by molar-refractivity contribution is 0.413. The number of hydrogen-bond donors (Lipinski definition) is 1. The molecule has 0 fully saturated rings. The highest BCUT2D eigenvalue weighted by Gasteiger charge is 2.13. The number of rotatable bonds is 5. The van der Waals surface area contributed by atoms with E-state index < -0.39 is 0 Å². The van der Waals surface area contributed by atoms with Gasteiger partial charge in [-0.1, -0.05) is 21.0 Å². The van der Waals surface area contributed by atoms with E-state index in [9.17, 15) is 0 Å². The Balaban J connectivity index is 1.60. The Morgan fingerprint density at radius 2 is 1.93 bits per heavy atom. The Hall–Kier alpha value is -3.13. The van der Waals surface area contributed by atoms with Crippen molar-refractivity contribution in [3.63, 3.8) is 0 Å². The quantitative estimate of drug-likeness (QED) is 0.497. The largest absolute Gasteiger partial charge is 0.495 e. The summed E-state index contributed by atoms with van der Waals surface area (Å²) in [5, 5.41) is 11.3. The number of methoxy groups -OCH3 is 1. The smallest absolute Gasteiger partial charge is 0.320 e. The summed E-state index contributed by atoms with van der Waals surface area (Å²) in [6.45, 7) is 1.94. The second kappa shape index (κ2) is 7.24. The van der Waals surface area contributed by atoms with Gasteiger partial charge in [0.25, 0.3) is 0 Å². The van der Waals surface area contributed by atoms with Crippen LogP contribution in [-0.4, -0.2) is 26.9 Å². The molecular formula is C19H16BrN5O2. The fourth-order valence-electron chi connectivity index (χ4n) is 2.62. The zero-order valence-corrected chi connectivity index (χ0v) is 16.3. The summed E-state index contributed by atoms with van der Waals surface area (Å²) in [5.41, 5.74) is 3.44. The average Bonchev–Trinajstić information content (AvgIpc) is 3.32. The van der Waals surface area contributed by atoms with E-state index in [1.807, 2.05) is 60.2 Å². The highest BCUT2D eigenvalue weighted by Crippen LogP contribution is 2.30. The lowest BCUT2D eigenvalue weighted by atomic mass is 10.2. The first-order valence-electron chi connectivity index (χ1n) is 8.18. The van der Waals surface area contributed by atoms with Crippen molar-refractivity contribution in [2.24, 2.45) is 0 Å². The molecule has 0 bridgehead atoms. The van der Waals surface area contributed by atoms with Gasteiger partial charge in [0.15, 0.2) is 0 Å². The molecule has 27 heavy (non-hydrogen) atoms. The molecule has 0 amide bonds. The number of nitrogens with one attached hydrogen (secondary N) is 1. The van der Waals surface area contributed by atoms with E-state index in [4.69, 9.17) is 9.15 Å². The lowest BCUT2D eigenvalue weighted by Gasteiger charge is -2.09. The van der Waals surface area contributed by atoms with Crippen molar-refractivity contribution in [1.29, 1.82) is 0 Å². The van der Waals surface area contributed by atoms with Gasteiger partial charge in [-0.25, -0.2) is 4.98 Å². The van der Waals surface area contributed by atoms with E-state index in [-0.39, 0.29) is 0 Å². The monoisotopic (exact) mass is 425 g/mol. The Morgan fingerprint density at radius 1 is 1.11 bits per heavy atom. The zero-order chi connectivity index (χ0) is 18.8. The van der Waals surface area contributed by atoms with Crippen LogP contribution in [0.4, 0.5) is 11.7 Å². The molecule has 0 unspecified atom stereocenters. The number of nitrogens with zero attached hydrogens (tertiary/aromatic N) is 4. The summed E-state index contributed by atoms with van der Waals surface area (Å²) in [6, 6.07) is 13.7. The van der Waals surface area contributed by atoms with Gasteiger partial charge in [0.05, 0.1) is 24.8 Å². The third-order valence-corrected chi connectivity index (χ3v) is 4.47. The number of benzene rings is 2. The molecule has 4 aromatic rings. The zero-order valence-electron chi connectivity index (χ0n) is 14.7. The molecule has 136 valence electrons. The van der Waals surface area contributed by atoms with Gasteiger partial charge in [0, 0.05) is 21.9 Å². The number of anilines is 2. The molecule has 1 N–H and O–H groups in total. The molecule has 7 nitrogen and oxygen atoms in total. The van der Waals surface area contributed by atoms with E-state index >= 15 is 0 Å². The highest BCUT2D eigenvalue weighted by molar-refractivity contribution is 9.10. The number of aryl methyl sites for hydroxylation is 1. The molecule has 0 atom stereocenters. The Bertz CT molecular complexity index is 1070. The van der Waals surface area contributed by atoms with Crippen LogP contribution in [-0.2, 0) is 0 Å². The molecule has 0 aliphatic heterocycles. The molecule has 0 radical (unpaired) electrons.